The molecule has 0 bridgehead atoms. The van der Waals surface area contributed by atoms with E-state index in [-0.39, 0.29) is 20.4 Å². The van der Waals surface area contributed by atoms with Crippen LogP contribution in [-0.2, 0) is 4.65 Å². The molecule has 1 aromatic carbocycles. The maximum Gasteiger partial charge on any atom is 0.816 e. The summed E-state index contributed by atoms with van der Waals surface area (Å²) in [6, 6.07) is 1.59. The average Bonchev–Trinajstić information content (AvgIpc) is 2.70. The molecule has 1 aliphatic carbocycles. The van der Waals surface area contributed by atoms with E-state index in [0.29, 0.717) is 0 Å². The van der Waals surface area contributed by atoms with Crippen molar-refractivity contribution in [3.8, 4) is 5.75 Å². The largest absolute Gasteiger partial charge is 0.816 e. The SMILES string of the molecule is FC1=CC2C(C=C1Br)O[B-]1(F)Oc3cc(Br)c(F)cc3N=[N+]21. The van der Waals surface area contributed by atoms with Gasteiger partial charge in [0, 0.05) is 12.1 Å². The molecule has 4 rings (SSSR count). The fraction of sp³-hybridized carbons (Fsp3) is 0.167. The first-order valence-electron chi connectivity index (χ1n) is 6.31. The van der Waals surface area contributed by atoms with Gasteiger partial charge in [-0.05, 0) is 44.0 Å². The molecule has 0 radical (unpaired) electrons. The van der Waals surface area contributed by atoms with Gasteiger partial charge < -0.3 is 13.6 Å². The number of nitrogens with zero attached hydrogens (tertiary/aromatic N) is 2. The molecule has 0 N–H and O–H groups in total. The molecular weight excluding hydrogens is 432 g/mol. The molecule has 114 valence electrons. The van der Waals surface area contributed by atoms with Crippen LogP contribution in [0.1, 0.15) is 0 Å². The third-order valence-electron chi connectivity index (χ3n) is 3.64. The highest BCUT2D eigenvalue weighted by Gasteiger charge is 2.64. The summed E-state index contributed by atoms with van der Waals surface area (Å²) in [5.41, 5.74) is 0.113. The molecule has 22 heavy (non-hydrogen) atoms. The summed E-state index contributed by atoms with van der Waals surface area (Å²) in [5.74, 6) is -1.05. The second-order valence-electron chi connectivity index (χ2n) is 5.04. The molecule has 3 atom stereocenters. The smallest absolute Gasteiger partial charge is 0.600 e. The van der Waals surface area contributed by atoms with Crippen LogP contribution in [0.15, 0.2) is 44.2 Å². The van der Waals surface area contributed by atoms with Gasteiger partial charge in [-0.3, -0.25) is 0 Å². The highest BCUT2D eigenvalue weighted by Crippen LogP contribution is 2.44. The summed E-state index contributed by atoms with van der Waals surface area (Å²) in [7, 11) is 0. The number of hydrogen-bond donors (Lipinski definition) is 0. The summed E-state index contributed by atoms with van der Waals surface area (Å²) < 4.78 is 54.0. The number of hydrogen-bond acceptors (Lipinski definition) is 3. The van der Waals surface area contributed by atoms with Crippen LogP contribution in [0, 0.1) is 5.82 Å². The van der Waals surface area contributed by atoms with Gasteiger partial charge in [0.05, 0.1) is 8.96 Å². The lowest BCUT2D eigenvalue weighted by Crippen LogP contribution is -2.49. The third-order valence-corrected chi connectivity index (χ3v) is 4.89. The van der Waals surface area contributed by atoms with E-state index >= 15 is 0 Å². The number of azo groups is 1. The second-order valence-corrected chi connectivity index (χ2v) is 6.74. The minimum atomic E-state index is -3.42. The first kappa shape index (κ1) is 14.5. The van der Waals surface area contributed by atoms with Crippen molar-refractivity contribution in [2.75, 3.05) is 0 Å². The van der Waals surface area contributed by atoms with E-state index in [0.717, 1.165) is 10.7 Å². The van der Waals surface area contributed by atoms with Gasteiger partial charge in [0.25, 0.3) is 0 Å². The molecule has 2 aliphatic heterocycles. The molecule has 1 fully saturated rings. The summed E-state index contributed by atoms with van der Waals surface area (Å²) in [4.78, 5) is 0. The highest BCUT2D eigenvalue weighted by atomic mass is 79.9. The van der Waals surface area contributed by atoms with Crippen LogP contribution in [0.25, 0.3) is 0 Å². The van der Waals surface area contributed by atoms with Crippen LogP contribution in [0.4, 0.5) is 18.8 Å². The first-order valence-corrected chi connectivity index (χ1v) is 7.89. The molecule has 1 saturated heterocycles. The molecule has 1 aromatic rings. The average molecular weight is 438 g/mol. The Kier molecular flexibility index (Phi) is 3.08. The standard InChI is InChI=1S/C12H6BBr2F3N2O2/c14-5-1-11-9(3-7(5)16)19-20-10-4-8(17)6(15)2-12(10)22-13(20,18)21-11/h1-4,10,12H. The van der Waals surface area contributed by atoms with E-state index in [1.807, 2.05) is 0 Å². The van der Waals surface area contributed by atoms with Crippen molar-refractivity contribution in [1.82, 2.24) is 0 Å². The molecule has 3 unspecified atom stereocenters. The predicted molar refractivity (Wildman–Crippen MR) is 78.8 cm³/mol. The van der Waals surface area contributed by atoms with Crippen molar-refractivity contribution < 1.29 is 27.0 Å². The Bertz CT molecular complexity index is 801. The highest BCUT2D eigenvalue weighted by molar-refractivity contribution is 9.12. The van der Waals surface area contributed by atoms with Gasteiger partial charge >= 0.3 is 6.96 Å². The van der Waals surface area contributed by atoms with E-state index in [2.05, 4.69) is 37.0 Å². The molecule has 0 aromatic heterocycles. The van der Waals surface area contributed by atoms with Crippen LogP contribution >= 0.6 is 31.9 Å². The van der Waals surface area contributed by atoms with Crippen molar-refractivity contribution in [2.24, 2.45) is 5.11 Å². The molecule has 0 saturated carbocycles. The third kappa shape index (κ3) is 2.00. The molecule has 4 nitrogen and oxygen atoms in total. The van der Waals surface area contributed by atoms with Gasteiger partial charge in [-0.15, -0.1) is 0 Å². The zero-order valence-electron chi connectivity index (χ0n) is 10.6. The first-order chi connectivity index (χ1) is 10.4. The normalized spacial score (nSPS) is 32.1. The van der Waals surface area contributed by atoms with Gasteiger partial charge in [-0.1, -0.05) is 5.11 Å². The van der Waals surface area contributed by atoms with Gasteiger partial charge in [-0.2, -0.15) is 0 Å². The lowest BCUT2D eigenvalue weighted by Gasteiger charge is -2.26. The van der Waals surface area contributed by atoms with Crippen molar-refractivity contribution in [1.29, 1.82) is 0 Å². The number of halogens is 5. The van der Waals surface area contributed by atoms with E-state index in [1.54, 1.807) is 0 Å². The van der Waals surface area contributed by atoms with Crippen molar-refractivity contribution in [3.63, 3.8) is 0 Å². The number of fused-ring (bicyclic) bond motifs is 4. The van der Waals surface area contributed by atoms with Gasteiger partial charge in [0.1, 0.15) is 23.5 Å². The fourth-order valence-electron chi connectivity index (χ4n) is 2.64. The zero-order valence-corrected chi connectivity index (χ0v) is 13.8. The van der Waals surface area contributed by atoms with E-state index in [9.17, 15) is 13.1 Å². The minimum absolute atomic E-state index is 0.0539. The Morgan fingerprint density at radius 1 is 1.23 bits per heavy atom. The molecule has 0 amide bonds. The second kappa shape index (κ2) is 4.69. The summed E-state index contributed by atoms with van der Waals surface area (Å²) in [5, 5.41) is 4.04. The van der Waals surface area contributed by atoms with Gasteiger partial charge in [-0.25, -0.2) is 13.4 Å². The maximum absolute atomic E-state index is 15.0. The Labute approximate surface area is 139 Å². The van der Waals surface area contributed by atoms with E-state index in [4.69, 9.17) is 9.31 Å². The van der Waals surface area contributed by atoms with E-state index in [1.165, 1.54) is 18.2 Å². The van der Waals surface area contributed by atoms with Gasteiger partial charge in [0.15, 0.2) is 11.7 Å². The van der Waals surface area contributed by atoms with Crippen LogP contribution in [0.2, 0.25) is 0 Å². The quantitative estimate of drug-likeness (QED) is 0.564. The lowest BCUT2D eigenvalue weighted by molar-refractivity contribution is -0.512. The van der Waals surface area contributed by atoms with Crippen LogP contribution < -0.4 is 4.65 Å². The molecule has 2 heterocycles. The molecular formula is C12H6BBr2F3N2O2. The summed E-state index contributed by atoms with van der Waals surface area (Å²) in [6.45, 7) is -3.42. The molecule has 0 spiro atoms. The monoisotopic (exact) mass is 436 g/mol. The van der Waals surface area contributed by atoms with Crippen molar-refractivity contribution in [2.45, 2.75) is 12.1 Å². The van der Waals surface area contributed by atoms with Gasteiger partial charge in [0.2, 0.25) is 0 Å². The van der Waals surface area contributed by atoms with Crippen LogP contribution in [0.5, 0.6) is 5.75 Å². The predicted octanol–water partition coefficient (Wildman–Crippen LogP) is 4.40. The number of rotatable bonds is 0. The number of benzene rings is 1. The van der Waals surface area contributed by atoms with Crippen molar-refractivity contribution >= 4 is 44.5 Å². The topological polar surface area (TPSA) is 33.8 Å². The zero-order chi connectivity index (χ0) is 15.6. The van der Waals surface area contributed by atoms with Crippen LogP contribution in [0.3, 0.4) is 0 Å². The molecule has 3 aliphatic rings. The molecule has 10 heteroatoms. The number of allylic oxidation sites excluding steroid dienone is 2. The summed E-state index contributed by atoms with van der Waals surface area (Å²) in [6.07, 6.45) is 1.83. The maximum atomic E-state index is 15.0. The Hall–Kier alpha value is -1.13. The Balaban J connectivity index is 1.85. The van der Waals surface area contributed by atoms with E-state index < -0.39 is 30.8 Å². The lowest BCUT2D eigenvalue weighted by atomic mass is 9.99. The van der Waals surface area contributed by atoms with Crippen molar-refractivity contribution in [3.05, 3.63) is 44.9 Å². The van der Waals surface area contributed by atoms with Crippen LogP contribution in [-0.4, -0.2) is 23.7 Å². The Morgan fingerprint density at radius 2 is 2.00 bits per heavy atom. The minimum Gasteiger partial charge on any atom is -0.600 e. The Morgan fingerprint density at radius 3 is 2.77 bits per heavy atom. The fourth-order valence-corrected chi connectivity index (χ4v) is 3.36. The summed E-state index contributed by atoms with van der Waals surface area (Å²) >= 11 is 6.03.